The van der Waals surface area contributed by atoms with Gasteiger partial charge in [0.25, 0.3) is 5.91 Å². The number of nitrogens with zero attached hydrogens (tertiary/aromatic N) is 1. The zero-order valence-electron chi connectivity index (χ0n) is 12.0. The van der Waals surface area contributed by atoms with Crippen molar-refractivity contribution < 1.29 is 19.4 Å². The van der Waals surface area contributed by atoms with Crippen molar-refractivity contribution in [3.05, 3.63) is 29.3 Å². The molecule has 1 amide bonds. The minimum atomic E-state index is -0.264. The number of morpholine rings is 1. The number of aliphatic hydroxyl groups excluding tert-OH is 1. The summed E-state index contributed by atoms with van der Waals surface area (Å²) >= 11 is 0. The van der Waals surface area contributed by atoms with Crippen LogP contribution in [0.1, 0.15) is 11.1 Å². The molecule has 0 saturated carbocycles. The Bertz CT molecular complexity index is 475. The molecule has 1 atom stereocenters. The molecule has 1 aromatic carbocycles. The minimum absolute atomic E-state index is 0.0149. The molecule has 1 N–H and O–H groups in total. The van der Waals surface area contributed by atoms with Crippen molar-refractivity contribution in [2.45, 2.75) is 19.9 Å². The molecule has 2 rings (SSSR count). The number of rotatable bonds is 4. The van der Waals surface area contributed by atoms with Gasteiger partial charge in [0.05, 0.1) is 25.9 Å². The van der Waals surface area contributed by atoms with Crippen molar-refractivity contribution >= 4 is 5.91 Å². The van der Waals surface area contributed by atoms with E-state index < -0.39 is 0 Å². The smallest absolute Gasteiger partial charge is 0.260 e. The fourth-order valence-electron chi connectivity index (χ4n) is 2.17. The first-order chi connectivity index (χ1) is 9.61. The Balaban J connectivity index is 1.92. The first kappa shape index (κ1) is 14.8. The Hall–Kier alpha value is -1.59. The zero-order valence-corrected chi connectivity index (χ0v) is 12.0. The quantitative estimate of drug-likeness (QED) is 0.889. The third kappa shape index (κ3) is 3.49. The van der Waals surface area contributed by atoms with Crippen molar-refractivity contribution in [3.8, 4) is 5.75 Å². The highest BCUT2D eigenvalue weighted by Gasteiger charge is 2.26. The Morgan fingerprint density at radius 3 is 2.95 bits per heavy atom. The summed E-state index contributed by atoms with van der Waals surface area (Å²) in [6.45, 7) is 5.32. The molecule has 110 valence electrons. The lowest BCUT2D eigenvalue weighted by molar-refractivity contribution is -0.143. The van der Waals surface area contributed by atoms with E-state index in [0.29, 0.717) is 25.5 Å². The maximum absolute atomic E-state index is 12.1. The molecule has 0 bridgehead atoms. The molecule has 0 aliphatic carbocycles. The lowest BCUT2D eigenvalue weighted by Gasteiger charge is -2.34. The molecule has 20 heavy (non-hydrogen) atoms. The fourth-order valence-corrected chi connectivity index (χ4v) is 2.17. The van der Waals surface area contributed by atoms with Crippen molar-refractivity contribution in [1.29, 1.82) is 0 Å². The van der Waals surface area contributed by atoms with Crippen molar-refractivity contribution in [3.63, 3.8) is 0 Å². The van der Waals surface area contributed by atoms with Gasteiger partial charge >= 0.3 is 0 Å². The monoisotopic (exact) mass is 279 g/mol. The molecule has 5 heteroatoms. The molecule has 5 nitrogen and oxygen atoms in total. The topological polar surface area (TPSA) is 59.0 Å². The van der Waals surface area contributed by atoms with Gasteiger partial charge in [-0.3, -0.25) is 4.79 Å². The average molecular weight is 279 g/mol. The number of amides is 1. The summed E-state index contributed by atoms with van der Waals surface area (Å²) in [5.74, 6) is 0.570. The van der Waals surface area contributed by atoms with Crippen LogP contribution >= 0.6 is 0 Å². The summed E-state index contributed by atoms with van der Waals surface area (Å²) in [7, 11) is 0. The second-order valence-electron chi connectivity index (χ2n) is 5.03. The Kier molecular flexibility index (Phi) is 4.98. The van der Waals surface area contributed by atoms with Gasteiger partial charge in [-0.25, -0.2) is 0 Å². The first-order valence-electron chi connectivity index (χ1n) is 6.80. The second kappa shape index (κ2) is 6.72. The van der Waals surface area contributed by atoms with E-state index in [1.54, 1.807) is 4.90 Å². The van der Waals surface area contributed by atoms with Crippen molar-refractivity contribution in [2.75, 3.05) is 33.0 Å². The number of benzene rings is 1. The highest BCUT2D eigenvalue weighted by Crippen LogP contribution is 2.16. The molecular weight excluding hydrogens is 258 g/mol. The number of hydrogen-bond acceptors (Lipinski definition) is 4. The highest BCUT2D eigenvalue weighted by molar-refractivity contribution is 5.78. The maximum atomic E-state index is 12.1. The average Bonchev–Trinajstić information content (AvgIpc) is 2.48. The molecule has 1 heterocycles. The molecule has 1 saturated heterocycles. The van der Waals surface area contributed by atoms with Crippen LogP contribution in [0.2, 0.25) is 0 Å². The molecule has 1 aliphatic heterocycles. The molecule has 1 aliphatic rings. The number of carbonyl (C=O) groups is 1. The molecule has 0 radical (unpaired) electrons. The van der Waals surface area contributed by atoms with Gasteiger partial charge in [-0.2, -0.15) is 0 Å². The van der Waals surface area contributed by atoms with Gasteiger partial charge in [0.1, 0.15) is 5.75 Å². The van der Waals surface area contributed by atoms with Gasteiger partial charge in [-0.15, -0.1) is 0 Å². The Morgan fingerprint density at radius 1 is 1.45 bits per heavy atom. The van der Waals surface area contributed by atoms with Crippen molar-refractivity contribution in [1.82, 2.24) is 4.90 Å². The zero-order chi connectivity index (χ0) is 14.5. The number of aliphatic hydroxyl groups is 1. The number of aryl methyl sites for hydroxylation is 2. The normalized spacial score (nSPS) is 18.9. The fraction of sp³-hybridized carbons (Fsp3) is 0.533. The Morgan fingerprint density at radius 2 is 2.25 bits per heavy atom. The molecule has 1 fully saturated rings. The van der Waals surface area contributed by atoms with Crippen LogP contribution in [0.25, 0.3) is 0 Å². The predicted molar refractivity (Wildman–Crippen MR) is 74.8 cm³/mol. The molecule has 1 aromatic rings. The van der Waals surface area contributed by atoms with Gasteiger partial charge in [-0.1, -0.05) is 6.07 Å². The summed E-state index contributed by atoms with van der Waals surface area (Å²) in [5.41, 5.74) is 2.33. The van der Waals surface area contributed by atoms with Crippen LogP contribution in [0.5, 0.6) is 5.75 Å². The van der Waals surface area contributed by atoms with Crippen LogP contribution in [0, 0.1) is 13.8 Å². The van der Waals surface area contributed by atoms with E-state index in [9.17, 15) is 9.90 Å². The van der Waals surface area contributed by atoms with E-state index in [0.717, 1.165) is 5.56 Å². The third-order valence-electron chi connectivity index (χ3n) is 3.60. The van der Waals surface area contributed by atoms with E-state index in [4.69, 9.17) is 9.47 Å². The van der Waals surface area contributed by atoms with E-state index in [-0.39, 0.29) is 25.2 Å². The number of ether oxygens (including phenoxy) is 2. The number of hydrogen-bond donors (Lipinski definition) is 1. The van der Waals surface area contributed by atoms with Crippen LogP contribution < -0.4 is 4.74 Å². The summed E-state index contributed by atoms with van der Waals surface area (Å²) in [6, 6.07) is 5.49. The highest BCUT2D eigenvalue weighted by atomic mass is 16.5. The minimum Gasteiger partial charge on any atom is -0.484 e. The summed E-state index contributed by atoms with van der Waals surface area (Å²) < 4.78 is 10.8. The van der Waals surface area contributed by atoms with Crippen LogP contribution in [-0.4, -0.2) is 54.9 Å². The second-order valence-corrected chi connectivity index (χ2v) is 5.03. The molecule has 0 spiro atoms. The standard InChI is InChI=1S/C15H21NO4/c1-11-3-4-14(7-12(11)2)20-10-15(18)16-5-6-19-9-13(16)8-17/h3-4,7,13,17H,5-6,8-10H2,1-2H3. The van der Waals surface area contributed by atoms with Gasteiger partial charge in [0.2, 0.25) is 0 Å². The van der Waals surface area contributed by atoms with Crippen molar-refractivity contribution in [2.24, 2.45) is 0 Å². The predicted octanol–water partition coefficient (Wildman–Crippen LogP) is 0.902. The van der Waals surface area contributed by atoms with E-state index in [2.05, 4.69) is 0 Å². The maximum Gasteiger partial charge on any atom is 0.260 e. The summed E-state index contributed by atoms with van der Waals surface area (Å²) in [5, 5.41) is 9.25. The first-order valence-corrected chi connectivity index (χ1v) is 6.80. The number of carbonyl (C=O) groups excluding carboxylic acids is 1. The van der Waals surface area contributed by atoms with Crippen LogP contribution in [0.15, 0.2) is 18.2 Å². The van der Waals surface area contributed by atoms with Crippen LogP contribution in [-0.2, 0) is 9.53 Å². The van der Waals surface area contributed by atoms with Crippen LogP contribution in [0.4, 0.5) is 0 Å². The van der Waals surface area contributed by atoms with Gasteiger partial charge < -0.3 is 19.5 Å². The lowest BCUT2D eigenvalue weighted by atomic mass is 10.1. The molecule has 0 aromatic heterocycles. The summed E-state index contributed by atoms with van der Waals surface area (Å²) in [4.78, 5) is 13.8. The van der Waals surface area contributed by atoms with Crippen LogP contribution in [0.3, 0.4) is 0 Å². The summed E-state index contributed by atoms with van der Waals surface area (Å²) in [6.07, 6.45) is 0. The lowest BCUT2D eigenvalue weighted by Crippen LogP contribution is -2.51. The SMILES string of the molecule is Cc1ccc(OCC(=O)N2CCOCC2CO)cc1C. The van der Waals surface area contributed by atoms with Gasteiger partial charge in [0.15, 0.2) is 6.61 Å². The van der Waals surface area contributed by atoms with E-state index in [1.807, 2.05) is 32.0 Å². The molecule has 1 unspecified atom stereocenters. The van der Waals surface area contributed by atoms with E-state index in [1.165, 1.54) is 5.56 Å². The third-order valence-corrected chi connectivity index (χ3v) is 3.60. The largest absolute Gasteiger partial charge is 0.484 e. The Labute approximate surface area is 119 Å². The molecular formula is C15H21NO4. The van der Waals surface area contributed by atoms with Gasteiger partial charge in [-0.05, 0) is 37.1 Å². The van der Waals surface area contributed by atoms with E-state index >= 15 is 0 Å². The van der Waals surface area contributed by atoms with Gasteiger partial charge in [0, 0.05) is 6.54 Å².